The van der Waals surface area contributed by atoms with Crippen LogP contribution in [0.15, 0.2) is 48.5 Å². The van der Waals surface area contributed by atoms with Gasteiger partial charge in [-0.25, -0.2) is 0 Å². The topological polar surface area (TPSA) is 35.5 Å². The van der Waals surface area contributed by atoms with Crippen LogP contribution in [0.25, 0.3) is 0 Å². The number of anilines is 1. The van der Waals surface area contributed by atoms with E-state index in [1.807, 2.05) is 31.3 Å². The molecule has 3 nitrogen and oxygen atoms in total. The number of halogens is 1. The van der Waals surface area contributed by atoms with E-state index >= 15 is 0 Å². The Morgan fingerprint density at radius 3 is 2.29 bits per heavy atom. The Labute approximate surface area is 131 Å². The number of hydrogen-bond donors (Lipinski definition) is 2. The third kappa shape index (κ3) is 4.38. The van der Waals surface area contributed by atoms with Crippen molar-refractivity contribution in [1.82, 2.24) is 5.32 Å². The molecule has 0 aliphatic carbocycles. The molecule has 21 heavy (non-hydrogen) atoms. The van der Waals surface area contributed by atoms with Gasteiger partial charge in [-0.05, 0) is 55.4 Å². The molecule has 0 fully saturated rings. The summed E-state index contributed by atoms with van der Waals surface area (Å²) in [7, 11) is 4.03. The summed E-state index contributed by atoms with van der Waals surface area (Å²) in [6, 6.07) is 15.5. The lowest BCUT2D eigenvalue weighted by Gasteiger charge is -2.23. The monoisotopic (exact) mass is 304 g/mol. The van der Waals surface area contributed by atoms with Gasteiger partial charge in [-0.2, -0.15) is 0 Å². The quantitative estimate of drug-likeness (QED) is 0.851. The summed E-state index contributed by atoms with van der Waals surface area (Å²) in [6.07, 6.45) is 0.982. The Hall–Kier alpha value is -1.71. The molecule has 2 aromatic carbocycles. The molecule has 112 valence electrons. The zero-order valence-electron chi connectivity index (χ0n) is 12.4. The van der Waals surface area contributed by atoms with E-state index in [-0.39, 0.29) is 0 Å². The second-order valence-corrected chi connectivity index (χ2v) is 5.56. The van der Waals surface area contributed by atoms with E-state index in [2.05, 4.69) is 29.4 Å². The summed E-state index contributed by atoms with van der Waals surface area (Å²) in [5.74, 6) is 0.293. The predicted molar refractivity (Wildman–Crippen MR) is 89.2 cm³/mol. The molecule has 0 radical (unpaired) electrons. The van der Waals surface area contributed by atoms with Gasteiger partial charge in [0.1, 0.15) is 5.75 Å². The maximum absolute atomic E-state index is 9.33. The van der Waals surface area contributed by atoms with E-state index in [0.717, 1.165) is 23.7 Å². The van der Waals surface area contributed by atoms with Gasteiger partial charge >= 0.3 is 0 Å². The van der Waals surface area contributed by atoms with Crippen molar-refractivity contribution in [1.29, 1.82) is 0 Å². The molecule has 0 heterocycles. The van der Waals surface area contributed by atoms with Crippen LogP contribution in [0.1, 0.15) is 18.0 Å². The number of phenols is 1. The van der Waals surface area contributed by atoms with Gasteiger partial charge in [-0.3, -0.25) is 0 Å². The van der Waals surface area contributed by atoms with Crippen molar-refractivity contribution in [2.24, 2.45) is 0 Å². The highest BCUT2D eigenvalue weighted by Crippen LogP contribution is 2.22. The normalized spacial score (nSPS) is 12.1. The average molecular weight is 305 g/mol. The van der Waals surface area contributed by atoms with E-state index in [0.29, 0.717) is 11.8 Å². The molecular weight excluding hydrogens is 284 g/mol. The van der Waals surface area contributed by atoms with Crippen molar-refractivity contribution in [3.05, 3.63) is 59.1 Å². The standard InChI is InChI=1S/C17H21ClN2O/c1-19-17(13-3-5-14(18)6-4-13)11-12-20(2)15-7-9-16(21)10-8-15/h3-10,17,19,21H,11-12H2,1-2H3. The van der Waals surface area contributed by atoms with E-state index in [4.69, 9.17) is 11.6 Å². The molecule has 1 atom stereocenters. The molecule has 0 bridgehead atoms. The van der Waals surface area contributed by atoms with E-state index in [1.165, 1.54) is 5.56 Å². The minimum Gasteiger partial charge on any atom is -0.508 e. The zero-order chi connectivity index (χ0) is 15.2. The third-order valence-corrected chi connectivity index (χ3v) is 3.92. The first-order chi connectivity index (χ1) is 10.1. The van der Waals surface area contributed by atoms with Crippen molar-refractivity contribution in [3.63, 3.8) is 0 Å². The highest BCUT2D eigenvalue weighted by Gasteiger charge is 2.10. The number of nitrogens with zero attached hydrogens (tertiary/aromatic N) is 1. The summed E-state index contributed by atoms with van der Waals surface area (Å²) in [6.45, 7) is 0.916. The lowest BCUT2D eigenvalue weighted by atomic mass is 10.0. The molecule has 0 aliphatic rings. The summed E-state index contributed by atoms with van der Waals surface area (Å²) in [4.78, 5) is 2.18. The van der Waals surface area contributed by atoms with Crippen molar-refractivity contribution in [2.75, 3.05) is 25.5 Å². The van der Waals surface area contributed by atoms with Crippen LogP contribution in [-0.2, 0) is 0 Å². The van der Waals surface area contributed by atoms with Crippen molar-refractivity contribution in [2.45, 2.75) is 12.5 Å². The van der Waals surface area contributed by atoms with Gasteiger partial charge in [0, 0.05) is 30.3 Å². The fraction of sp³-hybridized carbons (Fsp3) is 0.294. The molecule has 2 N–H and O–H groups in total. The fourth-order valence-electron chi connectivity index (χ4n) is 2.33. The van der Waals surface area contributed by atoms with E-state index < -0.39 is 0 Å². The SMILES string of the molecule is CNC(CCN(C)c1ccc(O)cc1)c1ccc(Cl)cc1. The zero-order valence-corrected chi connectivity index (χ0v) is 13.1. The van der Waals surface area contributed by atoms with Gasteiger partial charge in [-0.15, -0.1) is 0 Å². The number of nitrogens with one attached hydrogen (secondary N) is 1. The van der Waals surface area contributed by atoms with Crippen LogP contribution in [0.4, 0.5) is 5.69 Å². The second kappa shape index (κ2) is 7.34. The van der Waals surface area contributed by atoms with Crippen molar-refractivity contribution < 1.29 is 5.11 Å². The first kappa shape index (κ1) is 15.7. The number of hydrogen-bond acceptors (Lipinski definition) is 3. The lowest BCUT2D eigenvalue weighted by Crippen LogP contribution is -2.25. The Bertz CT molecular complexity index is 554. The molecule has 0 aromatic heterocycles. The van der Waals surface area contributed by atoms with Crippen LogP contribution >= 0.6 is 11.6 Å². The Balaban J connectivity index is 1.96. The van der Waals surface area contributed by atoms with Crippen LogP contribution in [0, 0.1) is 0 Å². The van der Waals surface area contributed by atoms with Gasteiger partial charge in [0.2, 0.25) is 0 Å². The minimum absolute atomic E-state index is 0.293. The van der Waals surface area contributed by atoms with Gasteiger partial charge in [0.15, 0.2) is 0 Å². The predicted octanol–water partition coefficient (Wildman–Crippen LogP) is 3.83. The minimum atomic E-state index is 0.293. The van der Waals surface area contributed by atoms with E-state index in [1.54, 1.807) is 12.1 Å². The van der Waals surface area contributed by atoms with Gasteiger partial charge < -0.3 is 15.3 Å². The van der Waals surface area contributed by atoms with Crippen LogP contribution < -0.4 is 10.2 Å². The third-order valence-electron chi connectivity index (χ3n) is 3.66. The molecule has 1 unspecified atom stereocenters. The summed E-state index contributed by atoms with van der Waals surface area (Å²) in [5, 5.41) is 13.4. The van der Waals surface area contributed by atoms with Crippen molar-refractivity contribution >= 4 is 17.3 Å². The van der Waals surface area contributed by atoms with Gasteiger partial charge in [0.25, 0.3) is 0 Å². The second-order valence-electron chi connectivity index (χ2n) is 5.12. The van der Waals surface area contributed by atoms with E-state index in [9.17, 15) is 5.11 Å². The number of aromatic hydroxyl groups is 1. The molecule has 2 aromatic rings. The molecule has 0 saturated heterocycles. The summed E-state index contributed by atoms with van der Waals surface area (Å²) >= 11 is 5.93. The first-order valence-corrected chi connectivity index (χ1v) is 7.41. The molecular formula is C17H21ClN2O. The Morgan fingerprint density at radius 1 is 1.10 bits per heavy atom. The molecule has 0 saturated carbocycles. The number of phenolic OH excluding ortho intramolecular Hbond substituents is 1. The highest BCUT2D eigenvalue weighted by molar-refractivity contribution is 6.30. The smallest absolute Gasteiger partial charge is 0.115 e. The number of rotatable bonds is 6. The van der Waals surface area contributed by atoms with Crippen LogP contribution in [0.2, 0.25) is 5.02 Å². The Kier molecular flexibility index (Phi) is 5.48. The molecule has 0 spiro atoms. The molecule has 2 rings (SSSR count). The lowest BCUT2D eigenvalue weighted by molar-refractivity contribution is 0.475. The van der Waals surface area contributed by atoms with Gasteiger partial charge in [-0.1, -0.05) is 23.7 Å². The molecule has 0 amide bonds. The summed E-state index contributed by atoms with van der Waals surface area (Å²) in [5.41, 5.74) is 2.33. The maximum atomic E-state index is 9.33. The summed E-state index contributed by atoms with van der Waals surface area (Å²) < 4.78 is 0. The Morgan fingerprint density at radius 2 is 1.71 bits per heavy atom. The van der Waals surface area contributed by atoms with Crippen LogP contribution in [0.3, 0.4) is 0 Å². The molecule has 0 aliphatic heterocycles. The largest absolute Gasteiger partial charge is 0.508 e. The highest BCUT2D eigenvalue weighted by atomic mass is 35.5. The number of benzene rings is 2. The first-order valence-electron chi connectivity index (χ1n) is 7.03. The van der Waals surface area contributed by atoms with Gasteiger partial charge in [0.05, 0.1) is 0 Å². The van der Waals surface area contributed by atoms with Crippen LogP contribution in [-0.4, -0.2) is 25.7 Å². The van der Waals surface area contributed by atoms with Crippen LogP contribution in [0.5, 0.6) is 5.75 Å². The van der Waals surface area contributed by atoms with Crippen molar-refractivity contribution in [3.8, 4) is 5.75 Å². The average Bonchev–Trinajstić information content (AvgIpc) is 2.50. The maximum Gasteiger partial charge on any atom is 0.115 e. The molecule has 4 heteroatoms. The fourth-order valence-corrected chi connectivity index (χ4v) is 2.46.